The SMILES string of the molecule is CCN1CC[C@@H](N(CCc2cc(F)ccc2S(=O)(=O)Cl)C(C)=O)C1. The molecule has 1 atom stereocenters. The third-order valence-electron chi connectivity index (χ3n) is 4.45. The van der Waals surface area contributed by atoms with Crippen LogP contribution in [-0.2, 0) is 20.3 Å². The number of likely N-dealkylation sites (N-methyl/N-ethyl adjacent to an activating group) is 1. The maximum Gasteiger partial charge on any atom is 0.261 e. The Morgan fingerprint density at radius 1 is 1.46 bits per heavy atom. The number of carbonyl (C=O) groups excluding carboxylic acids is 1. The summed E-state index contributed by atoms with van der Waals surface area (Å²) in [6, 6.07) is 3.50. The van der Waals surface area contributed by atoms with Crippen molar-refractivity contribution in [2.75, 3.05) is 26.2 Å². The fraction of sp³-hybridized carbons (Fsp3) is 0.562. The van der Waals surface area contributed by atoms with Gasteiger partial charge in [0.2, 0.25) is 5.91 Å². The van der Waals surface area contributed by atoms with Gasteiger partial charge >= 0.3 is 0 Å². The van der Waals surface area contributed by atoms with Crippen molar-refractivity contribution in [1.29, 1.82) is 0 Å². The van der Waals surface area contributed by atoms with Crippen LogP contribution in [0.2, 0.25) is 0 Å². The van der Waals surface area contributed by atoms with E-state index in [1.807, 2.05) is 0 Å². The van der Waals surface area contributed by atoms with Gasteiger partial charge in [0.25, 0.3) is 9.05 Å². The lowest BCUT2D eigenvalue weighted by atomic mass is 10.1. The number of likely N-dealkylation sites (tertiary alicyclic amines) is 1. The Kier molecular flexibility index (Phi) is 6.22. The van der Waals surface area contributed by atoms with Crippen LogP contribution < -0.4 is 0 Å². The molecule has 0 aromatic heterocycles. The number of nitrogens with zero attached hydrogens (tertiary/aromatic N) is 2. The molecule has 1 heterocycles. The van der Waals surface area contributed by atoms with Crippen LogP contribution in [0.4, 0.5) is 4.39 Å². The van der Waals surface area contributed by atoms with Crippen LogP contribution in [0.25, 0.3) is 0 Å². The normalized spacial score (nSPS) is 18.8. The van der Waals surface area contributed by atoms with Crippen molar-refractivity contribution < 1.29 is 17.6 Å². The summed E-state index contributed by atoms with van der Waals surface area (Å²) < 4.78 is 36.8. The summed E-state index contributed by atoms with van der Waals surface area (Å²) in [5, 5.41) is 0. The largest absolute Gasteiger partial charge is 0.338 e. The number of halogens is 2. The first-order valence-electron chi connectivity index (χ1n) is 7.95. The molecule has 1 aliphatic rings. The van der Waals surface area contributed by atoms with Gasteiger partial charge in [0.05, 0.1) is 4.90 Å². The van der Waals surface area contributed by atoms with Crippen LogP contribution in [-0.4, -0.2) is 56.3 Å². The quantitative estimate of drug-likeness (QED) is 0.714. The van der Waals surface area contributed by atoms with Crippen molar-refractivity contribution >= 4 is 25.6 Å². The summed E-state index contributed by atoms with van der Waals surface area (Å²) in [7, 11) is 1.47. The molecule has 24 heavy (non-hydrogen) atoms. The number of amides is 1. The van der Waals surface area contributed by atoms with Gasteiger partial charge in [-0.25, -0.2) is 12.8 Å². The second-order valence-corrected chi connectivity index (χ2v) is 8.52. The van der Waals surface area contributed by atoms with E-state index in [9.17, 15) is 17.6 Å². The third-order valence-corrected chi connectivity index (χ3v) is 5.87. The first kappa shape index (κ1) is 19.1. The molecule has 1 aromatic rings. The maximum atomic E-state index is 13.5. The molecule has 1 aliphatic heterocycles. The molecule has 0 bridgehead atoms. The van der Waals surface area contributed by atoms with E-state index in [1.165, 1.54) is 19.1 Å². The lowest BCUT2D eigenvalue weighted by molar-refractivity contribution is -0.130. The zero-order valence-corrected chi connectivity index (χ0v) is 15.4. The topological polar surface area (TPSA) is 57.7 Å². The van der Waals surface area contributed by atoms with Crippen molar-refractivity contribution in [3.05, 3.63) is 29.6 Å². The fourth-order valence-corrected chi connectivity index (χ4v) is 4.33. The van der Waals surface area contributed by atoms with E-state index in [4.69, 9.17) is 10.7 Å². The Balaban J connectivity index is 2.16. The molecule has 1 aromatic carbocycles. The zero-order valence-electron chi connectivity index (χ0n) is 13.8. The average molecular weight is 377 g/mol. The molecule has 1 fully saturated rings. The van der Waals surface area contributed by atoms with Crippen molar-refractivity contribution in [3.63, 3.8) is 0 Å². The minimum atomic E-state index is -3.96. The van der Waals surface area contributed by atoms with Gasteiger partial charge in [-0.1, -0.05) is 6.92 Å². The van der Waals surface area contributed by atoms with Crippen LogP contribution in [0.15, 0.2) is 23.1 Å². The molecule has 0 saturated carbocycles. The average Bonchev–Trinajstić information content (AvgIpc) is 2.94. The molecule has 2 rings (SSSR count). The van der Waals surface area contributed by atoms with Gasteiger partial charge in [0, 0.05) is 43.3 Å². The van der Waals surface area contributed by atoms with E-state index in [2.05, 4.69) is 11.8 Å². The van der Waals surface area contributed by atoms with Crippen LogP contribution in [0, 0.1) is 5.82 Å². The highest BCUT2D eigenvalue weighted by Crippen LogP contribution is 2.23. The van der Waals surface area contributed by atoms with E-state index in [1.54, 1.807) is 4.90 Å². The molecule has 134 valence electrons. The highest BCUT2D eigenvalue weighted by Gasteiger charge is 2.28. The van der Waals surface area contributed by atoms with Crippen molar-refractivity contribution in [3.8, 4) is 0 Å². The van der Waals surface area contributed by atoms with Gasteiger partial charge in [-0.05, 0) is 43.1 Å². The van der Waals surface area contributed by atoms with Crippen molar-refractivity contribution in [2.45, 2.75) is 37.6 Å². The van der Waals surface area contributed by atoms with Crippen molar-refractivity contribution in [2.24, 2.45) is 0 Å². The molecule has 0 unspecified atom stereocenters. The van der Waals surface area contributed by atoms with Gasteiger partial charge in [-0.3, -0.25) is 4.79 Å². The van der Waals surface area contributed by atoms with Crippen LogP contribution >= 0.6 is 10.7 Å². The lowest BCUT2D eigenvalue weighted by Gasteiger charge is -2.28. The van der Waals surface area contributed by atoms with E-state index >= 15 is 0 Å². The predicted octanol–water partition coefficient (Wildman–Crippen LogP) is 2.24. The third kappa shape index (κ3) is 4.68. The summed E-state index contributed by atoms with van der Waals surface area (Å²) in [5.74, 6) is -0.592. The van der Waals surface area contributed by atoms with Gasteiger partial charge in [-0.2, -0.15) is 0 Å². The molecule has 1 amide bonds. The predicted molar refractivity (Wildman–Crippen MR) is 91.0 cm³/mol. The lowest BCUT2D eigenvalue weighted by Crippen LogP contribution is -2.42. The summed E-state index contributed by atoms with van der Waals surface area (Å²) in [6.45, 7) is 6.58. The second-order valence-electron chi connectivity index (χ2n) is 5.99. The van der Waals surface area contributed by atoms with Gasteiger partial charge in [-0.15, -0.1) is 0 Å². The molecular weight excluding hydrogens is 355 g/mol. The smallest absolute Gasteiger partial charge is 0.261 e. The molecular formula is C16H22ClFN2O3S. The number of hydrogen-bond donors (Lipinski definition) is 0. The first-order valence-corrected chi connectivity index (χ1v) is 10.3. The highest BCUT2D eigenvalue weighted by atomic mass is 35.7. The minimum Gasteiger partial charge on any atom is -0.338 e. The monoisotopic (exact) mass is 376 g/mol. The highest BCUT2D eigenvalue weighted by molar-refractivity contribution is 8.13. The Labute approximate surface area is 146 Å². The minimum absolute atomic E-state index is 0.0652. The Hall–Kier alpha value is -1.18. The Bertz CT molecular complexity index is 711. The van der Waals surface area contributed by atoms with Gasteiger partial charge in [0.15, 0.2) is 0 Å². The van der Waals surface area contributed by atoms with Crippen LogP contribution in [0.5, 0.6) is 0 Å². The standard InChI is InChI=1S/C16H22ClFN2O3S/c1-3-19-8-7-15(11-19)20(12(2)21)9-6-13-10-14(18)4-5-16(13)24(17,22)23/h4-5,10,15H,3,6-9,11H2,1-2H3/t15-/m1/s1. The van der Waals surface area contributed by atoms with Crippen LogP contribution in [0.3, 0.4) is 0 Å². The maximum absolute atomic E-state index is 13.5. The summed E-state index contributed by atoms with van der Waals surface area (Å²) >= 11 is 0. The summed E-state index contributed by atoms with van der Waals surface area (Å²) in [5.41, 5.74) is 0.293. The summed E-state index contributed by atoms with van der Waals surface area (Å²) in [6.07, 6.45) is 1.12. The Morgan fingerprint density at radius 3 is 2.71 bits per heavy atom. The number of benzene rings is 1. The molecule has 8 heteroatoms. The molecule has 0 radical (unpaired) electrons. The molecule has 0 N–H and O–H groups in total. The van der Waals surface area contributed by atoms with E-state index in [-0.39, 0.29) is 23.3 Å². The number of rotatable bonds is 6. The van der Waals surface area contributed by atoms with Gasteiger partial charge < -0.3 is 9.80 Å². The van der Waals surface area contributed by atoms with Crippen molar-refractivity contribution in [1.82, 2.24) is 9.80 Å². The molecule has 1 saturated heterocycles. The van der Waals surface area contributed by atoms with Crippen LogP contribution in [0.1, 0.15) is 25.8 Å². The molecule has 0 spiro atoms. The zero-order chi connectivity index (χ0) is 17.9. The molecule has 5 nitrogen and oxygen atoms in total. The number of carbonyl (C=O) groups is 1. The molecule has 0 aliphatic carbocycles. The fourth-order valence-electron chi connectivity index (χ4n) is 3.17. The van der Waals surface area contributed by atoms with Gasteiger partial charge in [0.1, 0.15) is 5.82 Å². The van der Waals surface area contributed by atoms with E-state index in [0.717, 1.165) is 32.1 Å². The number of hydrogen-bond acceptors (Lipinski definition) is 4. The second kappa shape index (κ2) is 7.80. The summed E-state index contributed by atoms with van der Waals surface area (Å²) in [4.78, 5) is 15.9. The van der Waals surface area contributed by atoms with E-state index < -0.39 is 14.9 Å². The first-order chi connectivity index (χ1) is 11.2. The van der Waals surface area contributed by atoms with E-state index in [0.29, 0.717) is 12.1 Å². The Morgan fingerprint density at radius 2 is 2.17 bits per heavy atom.